The fourth-order valence-electron chi connectivity index (χ4n) is 1.69. The summed E-state index contributed by atoms with van der Waals surface area (Å²) in [4.78, 5) is 12.1. The number of rotatable bonds is 2. The third kappa shape index (κ3) is 2.33. The van der Waals surface area contributed by atoms with E-state index in [-0.39, 0.29) is 0 Å². The van der Waals surface area contributed by atoms with Crippen LogP contribution in [-0.2, 0) is 9.53 Å². The SMILES string of the molecule is CC(=O)N(C)[C@@H]1[C@@H](O)[C@@H](O)[C@@H](CO)O[C@H]1[O-]. The van der Waals surface area contributed by atoms with Crippen molar-refractivity contribution in [3.8, 4) is 0 Å². The Bertz CT molecular complexity index is 260. The number of aliphatic hydroxyl groups is 3. The van der Waals surface area contributed by atoms with Gasteiger partial charge in [-0.1, -0.05) is 0 Å². The zero-order chi connectivity index (χ0) is 12.5. The monoisotopic (exact) mass is 234 g/mol. The molecule has 1 rings (SSSR count). The van der Waals surface area contributed by atoms with Crippen LogP contribution in [0.3, 0.4) is 0 Å². The number of carbonyl (C=O) groups is 1. The van der Waals surface area contributed by atoms with Crippen molar-refractivity contribution in [1.29, 1.82) is 0 Å². The van der Waals surface area contributed by atoms with E-state index in [1.165, 1.54) is 14.0 Å². The minimum absolute atomic E-state index is 0.414. The smallest absolute Gasteiger partial charge is 0.219 e. The predicted molar refractivity (Wildman–Crippen MR) is 50.0 cm³/mol. The maximum absolute atomic E-state index is 11.6. The predicted octanol–water partition coefficient (Wildman–Crippen LogP) is -3.37. The van der Waals surface area contributed by atoms with Gasteiger partial charge in [0.05, 0.1) is 12.6 Å². The number of ether oxygens (including phenoxy) is 1. The first-order valence-electron chi connectivity index (χ1n) is 4.91. The molecule has 0 radical (unpaired) electrons. The molecule has 5 atom stereocenters. The van der Waals surface area contributed by atoms with Crippen molar-refractivity contribution >= 4 is 5.91 Å². The quantitative estimate of drug-likeness (QED) is 0.459. The molecule has 0 aromatic rings. The van der Waals surface area contributed by atoms with Gasteiger partial charge in [-0.25, -0.2) is 0 Å². The molecule has 0 unspecified atom stereocenters. The summed E-state index contributed by atoms with van der Waals surface area (Å²) in [7, 11) is 1.34. The largest absolute Gasteiger partial charge is 0.829 e. The van der Waals surface area contributed by atoms with Crippen LogP contribution in [0.1, 0.15) is 6.92 Å². The average molecular weight is 234 g/mol. The molecule has 16 heavy (non-hydrogen) atoms. The summed E-state index contributed by atoms with van der Waals surface area (Å²) in [6.45, 7) is 0.678. The van der Waals surface area contributed by atoms with Gasteiger partial charge < -0.3 is 30.1 Å². The first-order chi connectivity index (χ1) is 7.40. The van der Waals surface area contributed by atoms with Crippen LogP contribution in [0.2, 0.25) is 0 Å². The Morgan fingerprint density at radius 1 is 1.44 bits per heavy atom. The Labute approximate surface area is 92.9 Å². The number of aliphatic hydroxyl groups excluding tert-OH is 3. The molecule has 0 saturated carbocycles. The average Bonchev–Trinajstić information content (AvgIpc) is 2.23. The normalized spacial score (nSPS) is 39.5. The highest BCUT2D eigenvalue weighted by atomic mass is 16.6. The lowest BCUT2D eigenvalue weighted by atomic mass is 9.96. The lowest BCUT2D eigenvalue weighted by Gasteiger charge is -2.48. The Balaban J connectivity index is 2.83. The Morgan fingerprint density at radius 3 is 2.44 bits per heavy atom. The van der Waals surface area contributed by atoms with Gasteiger partial charge in [0.1, 0.15) is 18.3 Å². The molecular weight excluding hydrogens is 218 g/mol. The zero-order valence-corrected chi connectivity index (χ0v) is 9.11. The van der Waals surface area contributed by atoms with Gasteiger partial charge in [-0.15, -0.1) is 0 Å². The summed E-state index contributed by atoms with van der Waals surface area (Å²) in [5.41, 5.74) is 0. The first-order valence-corrected chi connectivity index (χ1v) is 4.91. The van der Waals surface area contributed by atoms with Gasteiger partial charge in [-0.2, -0.15) is 0 Å². The van der Waals surface area contributed by atoms with Crippen LogP contribution < -0.4 is 5.11 Å². The second-order valence-electron chi connectivity index (χ2n) is 3.83. The highest BCUT2D eigenvalue weighted by molar-refractivity contribution is 5.73. The van der Waals surface area contributed by atoms with Crippen molar-refractivity contribution in [3.63, 3.8) is 0 Å². The van der Waals surface area contributed by atoms with Crippen molar-refractivity contribution in [2.45, 2.75) is 37.6 Å². The molecule has 1 fully saturated rings. The van der Waals surface area contributed by atoms with Crippen LogP contribution in [0.25, 0.3) is 0 Å². The van der Waals surface area contributed by atoms with Gasteiger partial charge in [-0.05, 0) is 0 Å². The topological polar surface area (TPSA) is 113 Å². The number of hydrogen-bond acceptors (Lipinski definition) is 6. The molecule has 0 aliphatic carbocycles. The number of likely N-dealkylation sites (N-methyl/N-ethyl adjacent to an activating group) is 1. The van der Waals surface area contributed by atoms with E-state index in [9.17, 15) is 20.1 Å². The molecule has 7 nitrogen and oxygen atoms in total. The summed E-state index contributed by atoms with van der Waals surface area (Å²) in [5, 5.41) is 39.6. The van der Waals surface area contributed by atoms with E-state index < -0.39 is 43.2 Å². The van der Waals surface area contributed by atoms with E-state index in [4.69, 9.17) is 9.84 Å². The summed E-state index contributed by atoms with van der Waals surface area (Å²) in [5.74, 6) is -0.414. The van der Waals surface area contributed by atoms with Crippen LogP contribution in [-0.4, -0.2) is 70.4 Å². The summed E-state index contributed by atoms with van der Waals surface area (Å²) < 4.78 is 4.79. The second-order valence-corrected chi connectivity index (χ2v) is 3.83. The molecular formula is C9H16NO6-. The van der Waals surface area contributed by atoms with Crippen molar-refractivity contribution < 1.29 is 30.0 Å². The first kappa shape index (κ1) is 13.3. The van der Waals surface area contributed by atoms with E-state index in [0.29, 0.717) is 0 Å². The molecule has 1 saturated heterocycles. The number of carbonyl (C=O) groups excluding carboxylic acids is 1. The van der Waals surface area contributed by atoms with E-state index >= 15 is 0 Å². The highest BCUT2D eigenvalue weighted by Crippen LogP contribution is 2.21. The van der Waals surface area contributed by atoms with Gasteiger partial charge in [-0.3, -0.25) is 4.79 Å². The third-order valence-electron chi connectivity index (χ3n) is 2.79. The maximum Gasteiger partial charge on any atom is 0.219 e. The van der Waals surface area contributed by atoms with Crippen LogP contribution in [0, 0.1) is 0 Å². The van der Waals surface area contributed by atoms with Gasteiger partial charge in [0.15, 0.2) is 0 Å². The fraction of sp³-hybridized carbons (Fsp3) is 0.889. The standard InChI is InChI=1S/C9H16NO6/c1-4(12)10(2)6-8(14)7(13)5(3-11)16-9(6)15/h5-9,11,13-14H,3H2,1-2H3/q-1/t5-,6-,7+,8-,9-/m1/s1. The van der Waals surface area contributed by atoms with Crippen LogP contribution in [0.15, 0.2) is 0 Å². The Kier molecular flexibility index (Phi) is 4.22. The third-order valence-corrected chi connectivity index (χ3v) is 2.79. The summed E-state index contributed by atoms with van der Waals surface area (Å²) >= 11 is 0. The van der Waals surface area contributed by atoms with Crippen molar-refractivity contribution in [3.05, 3.63) is 0 Å². The molecule has 1 amide bonds. The number of amides is 1. The molecule has 0 bridgehead atoms. The summed E-state index contributed by atoms with van der Waals surface area (Å²) in [6, 6.07) is -1.16. The van der Waals surface area contributed by atoms with E-state index in [1.54, 1.807) is 0 Å². The highest BCUT2D eigenvalue weighted by Gasteiger charge is 2.42. The van der Waals surface area contributed by atoms with Crippen molar-refractivity contribution in [1.82, 2.24) is 4.90 Å². The molecule has 1 aliphatic rings. The van der Waals surface area contributed by atoms with Gasteiger partial charge in [0.25, 0.3) is 0 Å². The minimum Gasteiger partial charge on any atom is -0.829 e. The molecule has 1 aliphatic heterocycles. The maximum atomic E-state index is 11.6. The van der Waals surface area contributed by atoms with Crippen LogP contribution in [0.4, 0.5) is 0 Å². The van der Waals surface area contributed by atoms with Crippen LogP contribution in [0.5, 0.6) is 0 Å². The van der Waals surface area contributed by atoms with Crippen molar-refractivity contribution in [2.24, 2.45) is 0 Å². The lowest BCUT2D eigenvalue weighted by molar-refractivity contribution is -0.524. The fourth-order valence-corrected chi connectivity index (χ4v) is 1.69. The molecule has 0 aromatic carbocycles. The summed E-state index contributed by atoms with van der Waals surface area (Å²) in [6.07, 6.45) is -5.62. The van der Waals surface area contributed by atoms with E-state index in [1.807, 2.05) is 0 Å². The van der Waals surface area contributed by atoms with Crippen molar-refractivity contribution in [2.75, 3.05) is 13.7 Å². The number of nitrogens with zero attached hydrogens (tertiary/aromatic N) is 1. The van der Waals surface area contributed by atoms with Gasteiger partial charge >= 0.3 is 0 Å². The number of hydrogen-bond donors (Lipinski definition) is 3. The molecule has 0 spiro atoms. The van der Waals surface area contributed by atoms with Crippen LogP contribution >= 0.6 is 0 Å². The van der Waals surface area contributed by atoms with E-state index in [2.05, 4.69) is 0 Å². The van der Waals surface area contributed by atoms with Gasteiger partial charge in [0, 0.05) is 20.3 Å². The van der Waals surface area contributed by atoms with E-state index in [0.717, 1.165) is 4.90 Å². The second kappa shape index (κ2) is 5.07. The minimum atomic E-state index is -1.69. The van der Waals surface area contributed by atoms with Gasteiger partial charge in [0.2, 0.25) is 5.91 Å². The Hall–Kier alpha value is -0.730. The molecule has 0 aromatic heterocycles. The molecule has 7 heteroatoms. The molecule has 1 heterocycles. The Morgan fingerprint density at radius 2 is 2.00 bits per heavy atom. The lowest BCUT2D eigenvalue weighted by Crippen LogP contribution is -2.67. The molecule has 94 valence electrons. The molecule has 3 N–H and O–H groups in total. The zero-order valence-electron chi connectivity index (χ0n) is 9.11.